The molecule has 3 aromatic rings. The molecule has 0 spiro atoms. The predicted molar refractivity (Wildman–Crippen MR) is 76.6 cm³/mol. The third-order valence-electron chi connectivity index (χ3n) is 2.72. The van der Waals surface area contributed by atoms with Crippen molar-refractivity contribution in [1.29, 1.82) is 0 Å². The molecule has 94 valence electrons. The van der Waals surface area contributed by atoms with Crippen LogP contribution in [-0.2, 0) is 0 Å². The average molecular weight is 317 g/mol. The first-order valence-electron chi connectivity index (χ1n) is 5.64. The second-order valence-electron chi connectivity index (χ2n) is 3.93. The molecule has 0 unspecified atom stereocenters. The van der Waals surface area contributed by atoms with Gasteiger partial charge in [-0.1, -0.05) is 36.4 Å². The van der Waals surface area contributed by atoms with Gasteiger partial charge in [-0.3, -0.25) is 4.79 Å². The van der Waals surface area contributed by atoms with E-state index in [2.05, 4.69) is 25.9 Å². The van der Waals surface area contributed by atoms with Crippen LogP contribution < -0.4 is 10.3 Å². The molecular weight excluding hydrogens is 308 g/mol. The maximum absolute atomic E-state index is 11.5. The van der Waals surface area contributed by atoms with E-state index in [1.54, 1.807) is 0 Å². The van der Waals surface area contributed by atoms with Crippen molar-refractivity contribution >= 4 is 26.7 Å². The number of ether oxygens (including phenoxy) is 1. The van der Waals surface area contributed by atoms with Gasteiger partial charge >= 0.3 is 0 Å². The van der Waals surface area contributed by atoms with Gasteiger partial charge < -0.3 is 9.72 Å². The van der Waals surface area contributed by atoms with Crippen LogP contribution in [0.4, 0.5) is 0 Å². The van der Waals surface area contributed by atoms with Gasteiger partial charge in [0.15, 0.2) is 0 Å². The normalized spacial score (nSPS) is 10.6. The Balaban J connectivity index is 2.11. The van der Waals surface area contributed by atoms with E-state index in [1.165, 1.54) is 6.33 Å². The molecule has 0 aliphatic heterocycles. The highest BCUT2D eigenvalue weighted by molar-refractivity contribution is 9.10. The second-order valence-corrected chi connectivity index (χ2v) is 4.72. The van der Waals surface area contributed by atoms with Gasteiger partial charge in [-0.25, -0.2) is 4.98 Å². The minimum atomic E-state index is -0.273. The first-order valence-corrected chi connectivity index (χ1v) is 6.44. The molecule has 0 bridgehead atoms. The summed E-state index contributed by atoms with van der Waals surface area (Å²) in [6.07, 6.45) is 1.31. The van der Waals surface area contributed by atoms with E-state index in [0.717, 1.165) is 10.8 Å². The van der Waals surface area contributed by atoms with Crippen molar-refractivity contribution in [2.75, 3.05) is 0 Å². The smallest absolute Gasteiger partial charge is 0.268 e. The quantitative estimate of drug-likeness (QED) is 0.787. The Morgan fingerprint density at radius 3 is 2.79 bits per heavy atom. The molecule has 3 rings (SSSR count). The lowest BCUT2D eigenvalue weighted by Crippen LogP contribution is -2.08. The fraction of sp³-hybridized carbons (Fsp3) is 0. The zero-order chi connectivity index (χ0) is 13.2. The Bertz CT molecular complexity index is 793. The summed E-state index contributed by atoms with van der Waals surface area (Å²) in [6.45, 7) is 0. The van der Waals surface area contributed by atoms with E-state index in [9.17, 15) is 4.79 Å². The Morgan fingerprint density at radius 1 is 1.11 bits per heavy atom. The number of hydrogen-bond donors (Lipinski definition) is 1. The number of halogens is 1. The summed E-state index contributed by atoms with van der Waals surface area (Å²) < 4.78 is 6.01. The summed E-state index contributed by atoms with van der Waals surface area (Å²) in [6, 6.07) is 13.6. The van der Waals surface area contributed by atoms with Gasteiger partial charge in [0.1, 0.15) is 10.2 Å². The molecule has 0 aliphatic rings. The standard InChI is InChI=1S/C14H9BrN2O2/c15-12-13(18)16-8-17-14(12)19-11-7-3-5-9-4-1-2-6-10(9)11/h1-8H,(H,16,17,18). The number of aromatic amines is 1. The second kappa shape index (κ2) is 4.85. The molecular formula is C14H9BrN2O2. The van der Waals surface area contributed by atoms with Crippen LogP contribution in [-0.4, -0.2) is 9.97 Å². The minimum absolute atomic E-state index is 0.250. The number of H-pyrrole nitrogens is 1. The summed E-state index contributed by atoms with van der Waals surface area (Å²) in [5.41, 5.74) is -0.273. The lowest BCUT2D eigenvalue weighted by atomic mass is 10.1. The van der Waals surface area contributed by atoms with Crippen LogP contribution >= 0.6 is 15.9 Å². The monoisotopic (exact) mass is 316 g/mol. The molecule has 0 fully saturated rings. The molecule has 2 aromatic carbocycles. The number of rotatable bonds is 2. The molecule has 1 heterocycles. The Labute approximate surface area is 117 Å². The lowest BCUT2D eigenvalue weighted by molar-refractivity contribution is 0.462. The highest BCUT2D eigenvalue weighted by atomic mass is 79.9. The van der Waals surface area contributed by atoms with E-state index in [0.29, 0.717) is 5.75 Å². The fourth-order valence-corrected chi connectivity index (χ4v) is 2.12. The van der Waals surface area contributed by atoms with Gasteiger partial charge in [0.25, 0.3) is 5.56 Å². The SMILES string of the molecule is O=c1[nH]cnc(Oc2cccc3ccccc23)c1Br. The number of hydrogen-bond acceptors (Lipinski definition) is 3. The first kappa shape index (κ1) is 11.9. The molecule has 0 saturated heterocycles. The lowest BCUT2D eigenvalue weighted by Gasteiger charge is -2.08. The molecule has 19 heavy (non-hydrogen) atoms. The van der Waals surface area contributed by atoms with Gasteiger partial charge in [-0.15, -0.1) is 0 Å². The third kappa shape index (κ3) is 2.24. The van der Waals surface area contributed by atoms with Crippen molar-refractivity contribution in [2.45, 2.75) is 0 Å². The summed E-state index contributed by atoms with van der Waals surface area (Å²) in [5.74, 6) is 0.914. The Kier molecular flexibility index (Phi) is 3.05. The molecule has 0 aliphatic carbocycles. The maximum Gasteiger partial charge on any atom is 0.268 e. The van der Waals surface area contributed by atoms with Crippen molar-refractivity contribution in [2.24, 2.45) is 0 Å². The average Bonchev–Trinajstić information content (AvgIpc) is 2.44. The van der Waals surface area contributed by atoms with Gasteiger partial charge in [0.2, 0.25) is 5.88 Å². The van der Waals surface area contributed by atoms with Gasteiger partial charge in [-0.05, 0) is 27.4 Å². The third-order valence-corrected chi connectivity index (χ3v) is 3.42. The van der Waals surface area contributed by atoms with Crippen LogP contribution in [0.3, 0.4) is 0 Å². The maximum atomic E-state index is 11.5. The van der Waals surface area contributed by atoms with Crippen LogP contribution in [0, 0.1) is 0 Å². The largest absolute Gasteiger partial charge is 0.437 e. The van der Waals surface area contributed by atoms with Gasteiger partial charge in [0, 0.05) is 5.39 Å². The summed E-state index contributed by atoms with van der Waals surface area (Å²) in [7, 11) is 0. The number of aromatic nitrogens is 2. The summed E-state index contributed by atoms with van der Waals surface area (Å²) >= 11 is 3.17. The van der Waals surface area contributed by atoms with Gasteiger partial charge in [0.05, 0.1) is 6.33 Å². The van der Waals surface area contributed by atoms with Crippen LogP contribution in [0.15, 0.2) is 58.1 Å². The Morgan fingerprint density at radius 2 is 1.89 bits per heavy atom. The summed E-state index contributed by atoms with van der Waals surface area (Å²) in [5, 5.41) is 2.04. The predicted octanol–water partition coefficient (Wildman–Crippen LogP) is 3.48. The van der Waals surface area contributed by atoms with Crippen LogP contribution in [0.25, 0.3) is 10.8 Å². The van der Waals surface area contributed by atoms with E-state index in [1.807, 2.05) is 42.5 Å². The summed E-state index contributed by atoms with van der Waals surface area (Å²) in [4.78, 5) is 18.0. The molecule has 1 aromatic heterocycles. The number of benzene rings is 2. The van der Waals surface area contributed by atoms with E-state index >= 15 is 0 Å². The van der Waals surface area contributed by atoms with Gasteiger partial charge in [-0.2, -0.15) is 0 Å². The number of fused-ring (bicyclic) bond motifs is 1. The molecule has 0 radical (unpaired) electrons. The zero-order valence-corrected chi connectivity index (χ0v) is 11.3. The van der Waals surface area contributed by atoms with E-state index < -0.39 is 0 Å². The van der Waals surface area contributed by atoms with E-state index in [-0.39, 0.29) is 15.9 Å². The van der Waals surface area contributed by atoms with Crippen molar-refractivity contribution in [3.8, 4) is 11.6 Å². The Hall–Kier alpha value is -2.14. The van der Waals surface area contributed by atoms with Crippen LogP contribution in [0.2, 0.25) is 0 Å². The minimum Gasteiger partial charge on any atom is -0.437 e. The number of nitrogens with zero attached hydrogens (tertiary/aromatic N) is 1. The van der Waals surface area contributed by atoms with Crippen molar-refractivity contribution in [3.05, 3.63) is 63.6 Å². The molecule has 4 nitrogen and oxygen atoms in total. The first-order chi connectivity index (χ1) is 9.25. The molecule has 1 N–H and O–H groups in total. The van der Waals surface area contributed by atoms with Crippen molar-refractivity contribution in [1.82, 2.24) is 9.97 Å². The van der Waals surface area contributed by atoms with Crippen LogP contribution in [0.1, 0.15) is 0 Å². The fourth-order valence-electron chi connectivity index (χ4n) is 1.83. The van der Waals surface area contributed by atoms with Crippen molar-refractivity contribution in [3.63, 3.8) is 0 Å². The topological polar surface area (TPSA) is 55.0 Å². The van der Waals surface area contributed by atoms with E-state index in [4.69, 9.17) is 4.74 Å². The van der Waals surface area contributed by atoms with Crippen molar-refractivity contribution < 1.29 is 4.74 Å². The molecule has 5 heteroatoms. The highest BCUT2D eigenvalue weighted by Gasteiger charge is 2.09. The molecule has 0 atom stereocenters. The zero-order valence-electron chi connectivity index (χ0n) is 9.76. The number of nitrogens with one attached hydrogen (secondary N) is 1. The molecule has 0 amide bonds. The van der Waals surface area contributed by atoms with Crippen LogP contribution in [0.5, 0.6) is 11.6 Å². The highest BCUT2D eigenvalue weighted by Crippen LogP contribution is 2.30. The molecule has 0 saturated carbocycles.